The first kappa shape index (κ1) is 10.3. The van der Waals surface area contributed by atoms with E-state index in [1.54, 1.807) is 12.1 Å². The van der Waals surface area contributed by atoms with Gasteiger partial charge in [-0.05, 0) is 23.8 Å². The maximum Gasteiger partial charge on any atom is 0.238 e. The molecule has 0 aliphatic heterocycles. The summed E-state index contributed by atoms with van der Waals surface area (Å²) in [5.74, 6) is -0.635. The van der Waals surface area contributed by atoms with Crippen LogP contribution in [0.2, 0.25) is 10.0 Å². The molecule has 1 amide bonds. The summed E-state index contributed by atoms with van der Waals surface area (Å²) in [5.41, 5.74) is 11.0. The van der Waals surface area contributed by atoms with Crippen molar-refractivity contribution in [2.24, 2.45) is 11.5 Å². The lowest BCUT2D eigenvalue weighted by Crippen LogP contribution is -2.28. The van der Waals surface area contributed by atoms with Gasteiger partial charge in [0.05, 0.1) is 0 Å². The zero-order valence-corrected chi connectivity index (χ0v) is 8.14. The molecule has 70 valence electrons. The van der Waals surface area contributed by atoms with E-state index in [9.17, 15) is 4.79 Å². The number of carbonyl (C=O) groups excluding carboxylic acids is 1. The Morgan fingerprint density at radius 1 is 1.38 bits per heavy atom. The highest BCUT2D eigenvalue weighted by Crippen LogP contribution is 2.24. The summed E-state index contributed by atoms with van der Waals surface area (Å²) in [4.78, 5) is 10.8. The van der Waals surface area contributed by atoms with Crippen LogP contribution in [0.25, 0.3) is 0 Å². The Balaban J connectivity index is 3.12. The fourth-order valence-electron chi connectivity index (χ4n) is 0.906. The Kier molecular flexibility index (Phi) is 3.14. The predicted octanol–water partition coefficient (Wildman–Crippen LogP) is 1.48. The van der Waals surface area contributed by atoms with Crippen LogP contribution < -0.4 is 11.5 Å². The Morgan fingerprint density at radius 2 is 2.00 bits per heavy atom. The molecule has 1 aromatic carbocycles. The van der Waals surface area contributed by atoms with Crippen LogP contribution in [0.1, 0.15) is 11.6 Å². The molecule has 1 aromatic rings. The molecular formula is C8H8Cl2N2O. The van der Waals surface area contributed by atoms with Crippen molar-refractivity contribution in [3.05, 3.63) is 33.8 Å². The molecule has 1 rings (SSSR count). The average molecular weight is 219 g/mol. The van der Waals surface area contributed by atoms with Gasteiger partial charge in [0.2, 0.25) is 5.91 Å². The molecule has 5 heteroatoms. The van der Waals surface area contributed by atoms with E-state index < -0.39 is 11.9 Å². The van der Waals surface area contributed by atoms with E-state index in [1.165, 1.54) is 6.07 Å². The van der Waals surface area contributed by atoms with Gasteiger partial charge < -0.3 is 11.5 Å². The van der Waals surface area contributed by atoms with Crippen LogP contribution in [0, 0.1) is 0 Å². The van der Waals surface area contributed by atoms with Crippen LogP contribution in [-0.4, -0.2) is 5.91 Å². The van der Waals surface area contributed by atoms with Crippen molar-refractivity contribution in [3.63, 3.8) is 0 Å². The van der Waals surface area contributed by atoms with Crippen LogP contribution in [0.15, 0.2) is 18.2 Å². The van der Waals surface area contributed by atoms with Crippen LogP contribution in [0.4, 0.5) is 0 Å². The topological polar surface area (TPSA) is 69.1 Å². The molecule has 0 heterocycles. The van der Waals surface area contributed by atoms with Crippen molar-refractivity contribution in [1.29, 1.82) is 0 Å². The lowest BCUT2D eigenvalue weighted by atomic mass is 10.1. The first-order valence-electron chi connectivity index (χ1n) is 3.52. The van der Waals surface area contributed by atoms with Gasteiger partial charge in [-0.15, -0.1) is 0 Å². The lowest BCUT2D eigenvalue weighted by molar-refractivity contribution is -0.119. The number of primary amides is 1. The first-order valence-corrected chi connectivity index (χ1v) is 4.28. The van der Waals surface area contributed by atoms with E-state index in [2.05, 4.69) is 0 Å². The van der Waals surface area contributed by atoms with Gasteiger partial charge in [0.1, 0.15) is 6.04 Å². The van der Waals surface area contributed by atoms with Crippen LogP contribution in [0.3, 0.4) is 0 Å². The van der Waals surface area contributed by atoms with E-state index >= 15 is 0 Å². The van der Waals surface area contributed by atoms with Crippen molar-refractivity contribution in [2.75, 3.05) is 0 Å². The maximum atomic E-state index is 10.8. The zero-order chi connectivity index (χ0) is 10.0. The van der Waals surface area contributed by atoms with Crippen LogP contribution in [-0.2, 0) is 4.79 Å². The number of carbonyl (C=O) groups is 1. The summed E-state index contributed by atoms with van der Waals surface area (Å²) in [6.45, 7) is 0. The predicted molar refractivity (Wildman–Crippen MR) is 52.6 cm³/mol. The quantitative estimate of drug-likeness (QED) is 0.790. The molecular weight excluding hydrogens is 211 g/mol. The molecule has 3 nitrogen and oxygen atoms in total. The minimum atomic E-state index is -0.911. The number of benzene rings is 1. The van der Waals surface area contributed by atoms with Gasteiger partial charge in [-0.3, -0.25) is 4.79 Å². The second kappa shape index (κ2) is 3.96. The van der Waals surface area contributed by atoms with Gasteiger partial charge in [0.15, 0.2) is 0 Å². The lowest BCUT2D eigenvalue weighted by Gasteiger charge is -2.09. The van der Waals surface area contributed by atoms with Crippen molar-refractivity contribution in [2.45, 2.75) is 6.04 Å². The van der Waals surface area contributed by atoms with Crippen LogP contribution >= 0.6 is 23.2 Å². The molecule has 1 atom stereocenters. The number of nitrogens with two attached hydrogens (primary N) is 2. The van der Waals surface area contributed by atoms with E-state index in [1.807, 2.05) is 0 Å². The third-order valence-electron chi connectivity index (χ3n) is 1.60. The number of halogens is 2. The maximum absolute atomic E-state index is 10.8. The molecule has 0 aromatic heterocycles. The average Bonchev–Trinajstić information content (AvgIpc) is 2.08. The van der Waals surface area contributed by atoms with Gasteiger partial charge in [-0.2, -0.15) is 0 Å². The van der Waals surface area contributed by atoms with Crippen molar-refractivity contribution in [3.8, 4) is 0 Å². The summed E-state index contributed by atoms with van der Waals surface area (Å²) < 4.78 is 0. The van der Waals surface area contributed by atoms with E-state index in [0.29, 0.717) is 15.6 Å². The standard InChI is InChI=1S/C8H8Cl2N2O/c9-4-1-2-6(10)5(3-4)7(11)8(12)13/h1-3,7H,11H2,(H2,12,13). The normalized spacial score (nSPS) is 12.5. The van der Waals surface area contributed by atoms with Crippen molar-refractivity contribution >= 4 is 29.1 Å². The van der Waals surface area contributed by atoms with Gasteiger partial charge >= 0.3 is 0 Å². The van der Waals surface area contributed by atoms with Gasteiger partial charge in [0.25, 0.3) is 0 Å². The number of hydrogen-bond acceptors (Lipinski definition) is 2. The summed E-state index contributed by atoms with van der Waals surface area (Å²) >= 11 is 11.5. The summed E-state index contributed by atoms with van der Waals surface area (Å²) in [5, 5.41) is 0.854. The third-order valence-corrected chi connectivity index (χ3v) is 2.18. The summed E-state index contributed by atoms with van der Waals surface area (Å²) in [6.07, 6.45) is 0. The summed E-state index contributed by atoms with van der Waals surface area (Å²) in [6, 6.07) is 3.80. The van der Waals surface area contributed by atoms with E-state index in [-0.39, 0.29) is 0 Å². The van der Waals surface area contributed by atoms with Crippen molar-refractivity contribution < 1.29 is 4.79 Å². The minimum Gasteiger partial charge on any atom is -0.368 e. The Morgan fingerprint density at radius 3 is 2.54 bits per heavy atom. The Hall–Kier alpha value is -0.770. The zero-order valence-electron chi connectivity index (χ0n) is 6.63. The molecule has 0 aliphatic carbocycles. The Labute approximate surface area is 85.6 Å². The number of amides is 1. The largest absolute Gasteiger partial charge is 0.368 e. The molecule has 4 N–H and O–H groups in total. The van der Waals surface area contributed by atoms with Gasteiger partial charge in [0, 0.05) is 10.0 Å². The van der Waals surface area contributed by atoms with Gasteiger partial charge in [-0.1, -0.05) is 23.2 Å². The van der Waals surface area contributed by atoms with Crippen LogP contribution in [0.5, 0.6) is 0 Å². The highest BCUT2D eigenvalue weighted by molar-refractivity contribution is 6.33. The highest BCUT2D eigenvalue weighted by atomic mass is 35.5. The molecule has 0 spiro atoms. The summed E-state index contributed by atoms with van der Waals surface area (Å²) in [7, 11) is 0. The molecule has 13 heavy (non-hydrogen) atoms. The highest BCUT2D eigenvalue weighted by Gasteiger charge is 2.15. The molecule has 0 aliphatic rings. The van der Waals surface area contributed by atoms with E-state index in [0.717, 1.165) is 0 Å². The number of rotatable bonds is 2. The van der Waals surface area contributed by atoms with E-state index in [4.69, 9.17) is 34.7 Å². The second-order valence-corrected chi connectivity index (χ2v) is 3.39. The molecule has 0 fully saturated rings. The molecule has 0 bridgehead atoms. The monoisotopic (exact) mass is 218 g/mol. The number of hydrogen-bond donors (Lipinski definition) is 2. The Bertz CT molecular complexity index is 341. The molecule has 0 radical (unpaired) electrons. The molecule has 1 unspecified atom stereocenters. The third kappa shape index (κ3) is 2.34. The fourth-order valence-corrected chi connectivity index (χ4v) is 1.32. The first-order chi connectivity index (χ1) is 6.02. The van der Waals surface area contributed by atoms with Gasteiger partial charge in [-0.25, -0.2) is 0 Å². The van der Waals surface area contributed by atoms with Crippen molar-refractivity contribution in [1.82, 2.24) is 0 Å². The molecule has 0 saturated heterocycles. The minimum absolute atomic E-state index is 0.385. The second-order valence-electron chi connectivity index (χ2n) is 2.55. The molecule has 0 saturated carbocycles. The smallest absolute Gasteiger partial charge is 0.238 e. The SMILES string of the molecule is NC(=O)C(N)c1cc(Cl)ccc1Cl. The fraction of sp³-hybridized carbons (Fsp3) is 0.125.